The number of fused-ring (bicyclic) bond motifs is 3. The van der Waals surface area contributed by atoms with E-state index < -0.39 is 0 Å². The molecular weight excluding hydrogens is 693 g/mol. The summed E-state index contributed by atoms with van der Waals surface area (Å²) in [6.45, 7) is 2.06. The van der Waals surface area contributed by atoms with Crippen LogP contribution in [-0.2, 0) is 0 Å². The molecule has 0 aliphatic rings. The first-order valence-electron chi connectivity index (χ1n) is 19.2. The van der Waals surface area contributed by atoms with E-state index >= 15 is 0 Å². The third kappa shape index (κ3) is 6.75. The number of aromatic nitrogens is 4. The highest BCUT2D eigenvalue weighted by Gasteiger charge is 2.14. The van der Waals surface area contributed by atoms with Gasteiger partial charge in [-0.2, -0.15) is 0 Å². The van der Waals surface area contributed by atoms with Crippen molar-refractivity contribution in [2.24, 2.45) is 0 Å². The zero-order valence-corrected chi connectivity index (χ0v) is 31.3. The van der Waals surface area contributed by atoms with Crippen molar-refractivity contribution in [2.75, 3.05) is 0 Å². The SMILES string of the molecule is Cc1cc(-c2cccc(-c3ccc(-c4cc(-c5ccccc5)nc(-c5ccc(-c6ccccc6)cc5)n4)cc3)c2)c2ccc3ccc(-c4ccccc4)nc3c2n1. The molecule has 0 spiro atoms. The molecule has 3 aromatic heterocycles. The number of pyridine rings is 2. The Balaban J connectivity index is 1.00. The number of nitrogens with zero attached hydrogens (tertiary/aromatic N) is 4. The van der Waals surface area contributed by atoms with Crippen LogP contribution in [0.3, 0.4) is 0 Å². The van der Waals surface area contributed by atoms with Crippen LogP contribution in [0.15, 0.2) is 200 Å². The molecule has 4 heteroatoms. The van der Waals surface area contributed by atoms with Gasteiger partial charge in [-0.15, -0.1) is 0 Å². The molecular formula is C53H36N4. The molecule has 3 heterocycles. The summed E-state index contributed by atoms with van der Waals surface area (Å²) in [6, 6.07) is 69.9. The van der Waals surface area contributed by atoms with Gasteiger partial charge in [-0.25, -0.2) is 15.0 Å². The van der Waals surface area contributed by atoms with Crippen molar-refractivity contribution in [3.05, 3.63) is 206 Å². The summed E-state index contributed by atoms with van der Waals surface area (Å²) < 4.78 is 0. The van der Waals surface area contributed by atoms with E-state index in [2.05, 4.69) is 165 Å². The average molecular weight is 729 g/mol. The Morgan fingerprint density at radius 2 is 0.789 bits per heavy atom. The molecule has 10 rings (SSSR count). The molecule has 0 aliphatic carbocycles. The molecule has 0 unspecified atom stereocenters. The molecule has 0 atom stereocenters. The highest BCUT2D eigenvalue weighted by molar-refractivity contribution is 6.09. The molecule has 7 aromatic carbocycles. The zero-order chi connectivity index (χ0) is 38.1. The topological polar surface area (TPSA) is 51.6 Å². The number of benzene rings is 7. The largest absolute Gasteiger partial charge is 0.251 e. The number of hydrogen-bond acceptors (Lipinski definition) is 4. The second-order valence-corrected chi connectivity index (χ2v) is 14.3. The molecule has 0 saturated heterocycles. The summed E-state index contributed by atoms with van der Waals surface area (Å²) in [7, 11) is 0. The fourth-order valence-corrected chi connectivity index (χ4v) is 7.63. The van der Waals surface area contributed by atoms with E-state index in [1.165, 1.54) is 5.56 Å². The monoisotopic (exact) mass is 728 g/mol. The Kier molecular flexibility index (Phi) is 8.69. The van der Waals surface area contributed by atoms with Crippen molar-refractivity contribution in [1.82, 2.24) is 19.9 Å². The van der Waals surface area contributed by atoms with Crippen LogP contribution < -0.4 is 0 Å². The van der Waals surface area contributed by atoms with Crippen molar-refractivity contribution in [3.8, 4) is 78.5 Å². The van der Waals surface area contributed by atoms with Gasteiger partial charge in [0.05, 0.1) is 28.1 Å². The number of rotatable bonds is 7. The molecule has 57 heavy (non-hydrogen) atoms. The minimum atomic E-state index is 0.696. The smallest absolute Gasteiger partial charge is 0.160 e. The fourth-order valence-electron chi connectivity index (χ4n) is 7.63. The van der Waals surface area contributed by atoms with E-state index in [9.17, 15) is 0 Å². The van der Waals surface area contributed by atoms with Crippen LogP contribution in [0.25, 0.3) is 100 Å². The average Bonchev–Trinajstić information content (AvgIpc) is 3.29. The summed E-state index contributed by atoms with van der Waals surface area (Å²) in [4.78, 5) is 20.3. The predicted molar refractivity (Wildman–Crippen MR) is 235 cm³/mol. The lowest BCUT2D eigenvalue weighted by Gasteiger charge is -2.13. The number of aryl methyl sites for hydroxylation is 1. The second-order valence-electron chi connectivity index (χ2n) is 14.3. The van der Waals surface area contributed by atoms with E-state index in [4.69, 9.17) is 19.9 Å². The molecule has 0 fully saturated rings. The third-order valence-corrected chi connectivity index (χ3v) is 10.6. The maximum atomic E-state index is 5.14. The summed E-state index contributed by atoms with van der Waals surface area (Å²) in [5, 5.41) is 2.16. The molecule has 0 radical (unpaired) electrons. The van der Waals surface area contributed by atoms with E-state index in [0.717, 1.165) is 94.7 Å². The molecule has 10 aromatic rings. The Labute approximate surface area is 331 Å². The Morgan fingerprint density at radius 3 is 1.46 bits per heavy atom. The number of hydrogen-bond donors (Lipinski definition) is 0. The molecule has 0 N–H and O–H groups in total. The van der Waals surface area contributed by atoms with E-state index in [0.29, 0.717) is 5.82 Å². The van der Waals surface area contributed by atoms with Crippen LogP contribution in [0.2, 0.25) is 0 Å². The molecule has 0 bridgehead atoms. The lowest BCUT2D eigenvalue weighted by Crippen LogP contribution is -1.96. The molecule has 4 nitrogen and oxygen atoms in total. The predicted octanol–water partition coefficient (Wildman–Crippen LogP) is 13.6. The van der Waals surface area contributed by atoms with Gasteiger partial charge >= 0.3 is 0 Å². The summed E-state index contributed by atoms with van der Waals surface area (Å²) in [6.07, 6.45) is 0. The molecule has 0 aliphatic heterocycles. The minimum absolute atomic E-state index is 0.696. The normalized spacial score (nSPS) is 11.2. The maximum absolute atomic E-state index is 5.14. The maximum Gasteiger partial charge on any atom is 0.160 e. The van der Waals surface area contributed by atoms with Crippen molar-refractivity contribution in [2.45, 2.75) is 6.92 Å². The van der Waals surface area contributed by atoms with Gasteiger partial charge in [0.2, 0.25) is 0 Å². The van der Waals surface area contributed by atoms with E-state index in [1.807, 2.05) is 42.5 Å². The van der Waals surface area contributed by atoms with Gasteiger partial charge in [0.25, 0.3) is 0 Å². The first kappa shape index (κ1) is 34.0. The summed E-state index contributed by atoms with van der Waals surface area (Å²) in [5.41, 5.74) is 16.5. The second kappa shape index (κ2) is 14.6. The van der Waals surface area contributed by atoms with Crippen LogP contribution in [0.4, 0.5) is 0 Å². The van der Waals surface area contributed by atoms with Crippen molar-refractivity contribution in [1.29, 1.82) is 0 Å². The molecule has 0 saturated carbocycles. The fraction of sp³-hybridized carbons (Fsp3) is 0.0189. The van der Waals surface area contributed by atoms with Gasteiger partial charge < -0.3 is 0 Å². The van der Waals surface area contributed by atoms with E-state index in [1.54, 1.807) is 0 Å². The lowest BCUT2D eigenvalue weighted by molar-refractivity contribution is 1.18. The van der Waals surface area contributed by atoms with Gasteiger partial charge in [-0.1, -0.05) is 176 Å². The molecule has 268 valence electrons. The Hall–Kier alpha value is -7.56. The van der Waals surface area contributed by atoms with Gasteiger partial charge in [0.1, 0.15) is 0 Å². The van der Waals surface area contributed by atoms with Gasteiger partial charge in [-0.05, 0) is 64.6 Å². The zero-order valence-electron chi connectivity index (χ0n) is 31.3. The van der Waals surface area contributed by atoms with Crippen molar-refractivity contribution >= 4 is 21.8 Å². The summed E-state index contributed by atoms with van der Waals surface area (Å²) in [5.74, 6) is 0.696. The Bertz CT molecular complexity index is 3030. The standard InChI is InChI=1S/C53H36N4/c1-35-32-47(46-30-28-42-29-31-48(39-14-7-3-8-15-39)55-51(42)52(46)54-35)45-19-11-18-44(33-45)38-20-24-41(25-21-38)50-34-49(40-16-9-4-10-17-40)56-53(57-50)43-26-22-37(23-27-43)36-12-5-2-6-13-36/h2-34H,1H3. The van der Waals surface area contributed by atoms with Crippen LogP contribution in [0.5, 0.6) is 0 Å². The van der Waals surface area contributed by atoms with Crippen molar-refractivity contribution < 1.29 is 0 Å². The third-order valence-electron chi connectivity index (χ3n) is 10.6. The highest BCUT2D eigenvalue weighted by Crippen LogP contribution is 2.36. The summed E-state index contributed by atoms with van der Waals surface area (Å²) >= 11 is 0. The first-order valence-corrected chi connectivity index (χ1v) is 19.2. The molecule has 0 amide bonds. The minimum Gasteiger partial charge on any atom is -0.251 e. The highest BCUT2D eigenvalue weighted by atomic mass is 14.9. The quantitative estimate of drug-likeness (QED) is 0.153. The van der Waals surface area contributed by atoms with Gasteiger partial charge in [0, 0.05) is 38.7 Å². The first-order chi connectivity index (χ1) is 28.1. The van der Waals surface area contributed by atoms with Crippen molar-refractivity contribution in [3.63, 3.8) is 0 Å². The van der Waals surface area contributed by atoms with Crippen LogP contribution in [0, 0.1) is 6.92 Å². The van der Waals surface area contributed by atoms with E-state index in [-0.39, 0.29) is 0 Å². The van der Waals surface area contributed by atoms with Crippen LogP contribution in [-0.4, -0.2) is 19.9 Å². The Morgan fingerprint density at radius 1 is 0.298 bits per heavy atom. The van der Waals surface area contributed by atoms with Crippen LogP contribution >= 0.6 is 0 Å². The van der Waals surface area contributed by atoms with Crippen LogP contribution in [0.1, 0.15) is 5.69 Å². The lowest BCUT2D eigenvalue weighted by atomic mass is 9.95. The van der Waals surface area contributed by atoms with Gasteiger partial charge in [0.15, 0.2) is 5.82 Å². The van der Waals surface area contributed by atoms with Gasteiger partial charge in [-0.3, -0.25) is 4.98 Å².